The van der Waals surface area contributed by atoms with Gasteiger partial charge in [0, 0.05) is 40.3 Å². The van der Waals surface area contributed by atoms with Crippen LogP contribution in [-0.2, 0) is 4.79 Å². The molecular formula is C18H25N3O3. The van der Waals surface area contributed by atoms with E-state index in [1.54, 1.807) is 37.2 Å². The minimum atomic E-state index is -0.0340. The third-order valence-corrected chi connectivity index (χ3v) is 3.99. The average molecular weight is 331 g/mol. The number of amides is 2. The Labute approximate surface area is 143 Å². The monoisotopic (exact) mass is 331 g/mol. The van der Waals surface area contributed by atoms with Gasteiger partial charge in [0.1, 0.15) is 12.4 Å². The zero-order valence-corrected chi connectivity index (χ0v) is 14.4. The number of carbonyl (C=O) groups is 2. The molecule has 24 heavy (non-hydrogen) atoms. The molecule has 6 nitrogen and oxygen atoms in total. The lowest BCUT2D eigenvalue weighted by Crippen LogP contribution is -2.51. The number of hydrogen-bond donors (Lipinski definition) is 0. The van der Waals surface area contributed by atoms with Gasteiger partial charge in [-0.3, -0.25) is 14.5 Å². The Morgan fingerprint density at radius 2 is 1.88 bits per heavy atom. The summed E-state index contributed by atoms with van der Waals surface area (Å²) in [6, 6.07) is 7.26. The molecule has 6 heteroatoms. The van der Waals surface area contributed by atoms with E-state index in [-0.39, 0.29) is 11.8 Å². The van der Waals surface area contributed by atoms with Crippen LogP contribution in [0.25, 0.3) is 0 Å². The molecule has 0 radical (unpaired) electrons. The number of rotatable bonds is 6. The molecule has 2 rings (SSSR count). The fraction of sp³-hybridized carbons (Fsp3) is 0.444. The number of benzene rings is 1. The second-order valence-corrected chi connectivity index (χ2v) is 5.95. The highest BCUT2D eigenvalue weighted by Gasteiger charge is 2.25. The Morgan fingerprint density at radius 3 is 2.50 bits per heavy atom. The predicted molar refractivity (Wildman–Crippen MR) is 93.2 cm³/mol. The van der Waals surface area contributed by atoms with E-state index < -0.39 is 0 Å². The summed E-state index contributed by atoms with van der Waals surface area (Å²) in [6.07, 6.45) is 1.65. The van der Waals surface area contributed by atoms with Gasteiger partial charge in [-0.15, -0.1) is 0 Å². The van der Waals surface area contributed by atoms with Gasteiger partial charge in [0.15, 0.2) is 0 Å². The Bertz CT molecular complexity index is 593. The summed E-state index contributed by atoms with van der Waals surface area (Å²) in [5, 5.41) is 0. The number of piperazine rings is 1. The Morgan fingerprint density at radius 1 is 1.21 bits per heavy atom. The zero-order valence-electron chi connectivity index (χ0n) is 14.4. The van der Waals surface area contributed by atoms with Crippen LogP contribution in [0.15, 0.2) is 36.9 Å². The zero-order chi connectivity index (χ0) is 17.5. The molecule has 0 unspecified atom stereocenters. The smallest absolute Gasteiger partial charge is 0.257 e. The van der Waals surface area contributed by atoms with Crippen molar-refractivity contribution in [2.24, 2.45) is 0 Å². The summed E-state index contributed by atoms with van der Waals surface area (Å²) in [4.78, 5) is 30.0. The van der Waals surface area contributed by atoms with Crippen molar-refractivity contribution in [3.63, 3.8) is 0 Å². The van der Waals surface area contributed by atoms with Gasteiger partial charge >= 0.3 is 0 Å². The lowest BCUT2D eigenvalue weighted by atomic mass is 10.1. The molecule has 2 amide bonds. The van der Waals surface area contributed by atoms with Gasteiger partial charge < -0.3 is 14.5 Å². The summed E-state index contributed by atoms with van der Waals surface area (Å²) in [7, 11) is 3.50. The number of hydrogen-bond acceptors (Lipinski definition) is 4. The molecule has 1 fully saturated rings. The lowest BCUT2D eigenvalue weighted by Gasteiger charge is -2.35. The third kappa shape index (κ3) is 4.58. The molecule has 0 saturated carbocycles. The molecule has 1 aliphatic heterocycles. The second kappa shape index (κ2) is 8.49. The molecule has 0 spiro atoms. The normalized spacial score (nSPS) is 15.0. The van der Waals surface area contributed by atoms with Crippen molar-refractivity contribution in [1.82, 2.24) is 14.7 Å². The van der Waals surface area contributed by atoms with Crippen molar-refractivity contribution < 1.29 is 14.3 Å². The van der Waals surface area contributed by atoms with Gasteiger partial charge in [0.25, 0.3) is 5.91 Å². The fourth-order valence-electron chi connectivity index (χ4n) is 2.53. The molecule has 0 bridgehead atoms. The maximum Gasteiger partial charge on any atom is 0.257 e. The van der Waals surface area contributed by atoms with Crippen LogP contribution >= 0.6 is 0 Å². The van der Waals surface area contributed by atoms with Gasteiger partial charge in [0.05, 0.1) is 12.1 Å². The number of nitrogens with zero attached hydrogens (tertiary/aromatic N) is 3. The first-order chi connectivity index (χ1) is 11.5. The highest BCUT2D eigenvalue weighted by atomic mass is 16.5. The third-order valence-electron chi connectivity index (χ3n) is 3.99. The highest BCUT2D eigenvalue weighted by Crippen LogP contribution is 2.20. The van der Waals surface area contributed by atoms with Crippen LogP contribution in [0.3, 0.4) is 0 Å². The quantitative estimate of drug-likeness (QED) is 0.733. The predicted octanol–water partition coefficient (Wildman–Crippen LogP) is 1.10. The molecule has 0 N–H and O–H groups in total. The Balaban J connectivity index is 1.96. The van der Waals surface area contributed by atoms with Crippen LogP contribution in [0.4, 0.5) is 0 Å². The van der Waals surface area contributed by atoms with E-state index in [9.17, 15) is 9.59 Å². The van der Waals surface area contributed by atoms with Crippen LogP contribution in [0.2, 0.25) is 0 Å². The average Bonchev–Trinajstić information content (AvgIpc) is 2.60. The van der Waals surface area contributed by atoms with Crippen LogP contribution < -0.4 is 4.74 Å². The van der Waals surface area contributed by atoms with E-state index in [0.29, 0.717) is 50.6 Å². The van der Waals surface area contributed by atoms with E-state index >= 15 is 0 Å². The van der Waals surface area contributed by atoms with Crippen molar-refractivity contribution in [3.05, 3.63) is 42.5 Å². The van der Waals surface area contributed by atoms with E-state index in [1.165, 1.54) is 0 Å². The van der Waals surface area contributed by atoms with Crippen LogP contribution in [-0.4, -0.2) is 79.9 Å². The number of para-hydroxylation sites is 1. The summed E-state index contributed by atoms with van der Waals surface area (Å²) in [5.41, 5.74) is 0.567. The summed E-state index contributed by atoms with van der Waals surface area (Å²) < 4.78 is 5.57. The minimum Gasteiger partial charge on any atom is -0.489 e. The van der Waals surface area contributed by atoms with Crippen molar-refractivity contribution in [2.75, 3.05) is 53.4 Å². The minimum absolute atomic E-state index is 0.0340. The van der Waals surface area contributed by atoms with Gasteiger partial charge in [-0.1, -0.05) is 24.8 Å². The number of carbonyl (C=O) groups excluding carboxylic acids is 2. The molecule has 1 aromatic rings. The van der Waals surface area contributed by atoms with E-state index in [4.69, 9.17) is 4.74 Å². The molecule has 0 aromatic heterocycles. The van der Waals surface area contributed by atoms with Crippen molar-refractivity contribution in [3.8, 4) is 5.75 Å². The van der Waals surface area contributed by atoms with Gasteiger partial charge in [-0.25, -0.2) is 0 Å². The maximum atomic E-state index is 12.7. The molecule has 1 aromatic carbocycles. The molecular weight excluding hydrogens is 306 g/mol. The second-order valence-electron chi connectivity index (χ2n) is 5.95. The van der Waals surface area contributed by atoms with E-state index in [2.05, 4.69) is 11.5 Å². The Kier molecular flexibility index (Phi) is 6.37. The van der Waals surface area contributed by atoms with E-state index in [0.717, 1.165) is 0 Å². The molecule has 0 atom stereocenters. The first-order valence-corrected chi connectivity index (χ1v) is 8.07. The summed E-state index contributed by atoms with van der Waals surface area (Å²) in [5.74, 6) is 0.624. The van der Waals surface area contributed by atoms with Crippen molar-refractivity contribution >= 4 is 11.8 Å². The number of ether oxygens (including phenoxy) is 1. The first-order valence-electron chi connectivity index (χ1n) is 8.07. The molecule has 1 aliphatic rings. The largest absolute Gasteiger partial charge is 0.489 e. The van der Waals surface area contributed by atoms with Gasteiger partial charge in [-0.2, -0.15) is 0 Å². The lowest BCUT2D eigenvalue weighted by molar-refractivity contribution is -0.130. The van der Waals surface area contributed by atoms with Crippen molar-refractivity contribution in [2.45, 2.75) is 0 Å². The Hall–Kier alpha value is -2.34. The van der Waals surface area contributed by atoms with Gasteiger partial charge in [0.2, 0.25) is 5.91 Å². The standard InChI is InChI=1S/C18H25N3O3/c1-4-13-24-16-8-6-5-7-15(16)18(23)21-11-9-20(10-12-21)14-17(22)19(2)3/h4-8H,1,9-14H2,2-3H3. The molecule has 1 heterocycles. The van der Waals surface area contributed by atoms with Crippen molar-refractivity contribution in [1.29, 1.82) is 0 Å². The first kappa shape index (κ1) is 18.0. The van der Waals surface area contributed by atoms with Crippen LogP contribution in [0.1, 0.15) is 10.4 Å². The van der Waals surface area contributed by atoms with Gasteiger partial charge in [-0.05, 0) is 12.1 Å². The van der Waals surface area contributed by atoms with Crippen LogP contribution in [0.5, 0.6) is 5.75 Å². The van der Waals surface area contributed by atoms with Crippen LogP contribution in [0, 0.1) is 0 Å². The highest BCUT2D eigenvalue weighted by molar-refractivity contribution is 5.97. The maximum absolute atomic E-state index is 12.7. The fourth-order valence-corrected chi connectivity index (χ4v) is 2.53. The molecule has 130 valence electrons. The number of likely N-dealkylation sites (N-methyl/N-ethyl adjacent to an activating group) is 1. The SMILES string of the molecule is C=CCOc1ccccc1C(=O)N1CCN(CC(=O)N(C)C)CC1. The summed E-state index contributed by atoms with van der Waals surface area (Å²) in [6.45, 7) is 6.99. The molecule has 0 aliphatic carbocycles. The van der Waals surface area contributed by atoms with E-state index in [1.807, 2.05) is 17.0 Å². The summed E-state index contributed by atoms with van der Waals surface area (Å²) >= 11 is 0. The molecule has 1 saturated heterocycles. The topological polar surface area (TPSA) is 53.1 Å².